The number of carbonyl (C=O) groups excluding carboxylic acids is 1. The number of amides is 1. The van der Waals surface area contributed by atoms with Gasteiger partial charge in [-0.2, -0.15) is 0 Å². The molecular formula is C21H27N3O4S. The predicted molar refractivity (Wildman–Crippen MR) is 113 cm³/mol. The maximum atomic E-state index is 12.7. The van der Waals surface area contributed by atoms with E-state index in [1.54, 1.807) is 6.07 Å². The molecule has 1 saturated carbocycles. The number of hydrogen-bond acceptors (Lipinski definition) is 5. The van der Waals surface area contributed by atoms with Gasteiger partial charge in [0, 0.05) is 23.8 Å². The average Bonchev–Trinajstić information content (AvgIpc) is 3.50. The molecule has 0 atom stereocenters. The molecule has 29 heavy (non-hydrogen) atoms. The molecule has 2 N–H and O–H groups in total. The summed E-state index contributed by atoms with van der Waals surface area (Å²) in [5.74, 6) is -0.170. The molecule has 0 aliphatic heterocycles. The Hall–Kier alpha value is -2.42. The number of carbonyl (C=O) groups is 1. The number of ether oxygens (including phenoxy) is 1. The van der Waals surface area contributed by atoms with Gasteiger partial charge in [0.05, 0.1) is 7.11 Å². The highest BCUT2D eigenvalue weighted by atomic mass is 32.2. The lowest BCUT2D eigenvalue weighted by Gasteiger charge is -2.13. The Bertz CT molecular complexity index is 968. The van der Waals surface area contributed by atoms with E-state index in [1.807, 2.05) is 38.4 Å². The molecule has 0 radical (unpaired) electrons. The highest BCUT2D eigenvalue weighted by Gasteiger charge is 2.30. The van der Waals surface area contributed by atoms with Crippen molar-refractivity contribution >= 4 is 21.6 Å². The van der Waals surface area contributed by atoms with Gasteiger partial charge >= 0.3 is 0 Å². The molecule has 1 amide bonds. The standard InChI is InChI=1S/C21H27N3O4S/c1-24(2)13-12-15-4-7-17(8-5-15)22-21(25)16-6-11-19(28-3)20(14-16)29(26,27)23-18-9-10-18/h4-8,11,14,18,23H,9-10,12-13H2,1-3H3,(H,22,25). The molecule has 0 bridgehead atoms. The van der Waals surface area contributed by atoms with Gasteiger partial charge in [0.25, 0.3) is 5.91 Å². The van der Waals surface area contributed by atoms with Gasteiger partial charge in [0.2, 0.25) is 10.0 Å². The highest BCUT2D eigenvalue weighted by Crippen LogP contribution is 2.28. The molecule has 1 fully saturated rings. The fourth-order valence-corrected chi connectivity index (χ4v) is 4.32. The van der Waals surface area contributed by atoms with Crippen LogP contribution in [0.3, 0.4) is 0 Å². The maximum absolute atomic E-state index is 12.7. The van der Waals surface area contributed by atoms with Crippen LogP contribution in [0.15, 0.2) is 47.4 Å². The third-order valence-corrected chi connectivity index (χ3v) is 6.22. The van der Waals surface area contributed by atoms with Crippen molar-refractivity contribution in [3.63, 3.8) is 0 Å². The summed E-state index contributed by atoms with van der Waals surface area (Å²) in [6.45, 7) is 0.948. The Morgan fingerprint density at radius 3 is 2.41 bits per heavy atom. The van der Waals surface area contributed by atoms with Gasteiger partial charge in [-0.15, -0.1) is 0 Å². The third-order valence-electron chi connectivity index (χ3n) is 4.67. The number of methoxy groups -OCH3 is 1. The second-order valence-corrected chi connectivity index (χ2v) is 9.15. The van der Waals surface area contributed by atoms with E-state index in [0.29, 0.717) is 5.69 Å². The van der Waals surface area contributed by atoms with Crippen LogP contribution in [0.2, 0.25) is 0 Å². The van der Waals surface area contributed by atoms with Crippen molar-refractivity contribution in [1.82, 2.24) is 9.62 Å². The largest absolute Gasteiger partial charge is 0.495 e. The molecule has 2 aromatic rings. The molecule has 0 spiro atoms. The number of nitrogens with one attached hydrogen (secondary N) is 2. The smallest absolute Gasteiger partial charge is 0.255 e. The highest BCUT2D eigenvalue weighted by molar-refractivity contribution is 7.89. The number of likely N-dealkylation sites (N-methyl/N-ethyl adjacent to an activating group) is 1. The third kappa shape index (κ3) is 5.79. The summed E-state index contributed by atoms with van der Waals surface area (Å²) in [4.78, 5) is 14.7. The van der Waals surface area contributed by atoms with Crippen LogP contribution in [0.25, 0.3) is 0 Å². The summed E-state index contributed by atoms with van der Waals surface area (Å²) in [7, 11) is 1.71. The van der Waals surface area contributed by atoms with E-state index in [1.165, 1.54) is 24.8 Å². The van der Waals surface area contributed by atoms with Crippen LogP contribution in [0.4, 0.5) is 5.69 Å². The molecule has 156 valence electrons. The first-order valence-electron chi connectivity index (χ1n) is 9.54. The van der Waals surface area contributed by atoms with E-state index in [4.69, 9.17) is 4.74 Å². The molecule has 3 rings (SSSR count). The normalized spacial score (nSPS) is 14.1. The topological polar surface area (TPSA) is 87.7 Å². The first kappa shape index (κ1) is 21.3. The summed E-state index contributed by atoms with van der Waals surface area (Å²) >= 11 is 0. The van der Waals surface area contributed by atoms with Gasteiger partial charge in [-0.25, -0.2) is 13.1 Å². The Balaban J connectivity index is 1.74. The van der Waals surface area contributed by atoms with E-state index >= 15 is 0 Å². The van der Waals surface area contributed by atoms with Crippen molar-refractivity contribution in [3.8, 4) is 5.75 Å². The van der Waals surface area contributed by atoms with Crippen LogP contribution in [0, 0.1) is 0 Å². The van der Waals surface area contributed by atoms with Crippen molar-refractivity contribution in [1.29, 1.82) is 0 Å². The number of anilines is 1. The minimum absolute atomic E-state index is 0.0291. The summed E-state index contributed by atoms with van der Waals surface area (Å²) < 4.78 is 33.0. The Morgan fingerprint density at radius 1 is 1.14 bits per heavy atom. The lowest BCUT2D eigenvalue weighted by Crippen LogP contribution is -2.26. The molecule has 0 aromatic heterocycles. The Labute approximate surface area is 172 Å². The van der Waals surface area contributed by atoms with Crippen molar-refractivity contribution in [2.75, 3.05) is 33.1 Å². The van der Waals surface area contributed by atoms with Crippen LogP contribution in [0.5, 0.6) is 5.75 Å². The second kappa shape index (κ2) is 8.94. The maximum Gasteiger partial charge on any atom is 0.255 e. The van der Waals surface area contributed by atoms with E-state index in [-0.39, 0.29) is 28.2 Å². The van der Waals surface area contributed by atoms with Crippen LogP contribution in [-0.4, -0.2) is 53.0 Å². The van der Waals surface area contributed by atoms with Gasteiger partial charge in [0.1, 0.15) is 10.6 Å². The molecule has 1 aliphatic rings. The SMILES string of the molecule is COc1ccc(C(=O)Nc2ccc(CCN(C)C)cc2)cc1S(=O)(=O)NC1CC1. The Morgan fingerprint density at radius 2 is 1.83 bits per heavy atom. The monoisotopic (exact) mass is 417 g/mol. The number of rotatable bonds is 9. The van der Waals surface area contributed by atoms with Crippen LogP contribution in [-0.2, 0) is 16.4 Å². The van der Waals surface area contributed by atoms with Crippen LogP contribution < -0.4 is 14.8 Å². The van der Waals surface area contributed by atoms with E-state index < -0.39 is 10.0 Å². The number of sulfonamides is 1. The summed E-state index contributed by atoms with van der Waals surface area (Å²) in [6, 6.07) is 12.0. The number of benzene rings is 2. The minimum atomic E-state index is -3.75. The molecule has 8 heteroatoms. The summed E-state index contributed by atoms with van der Waals surface area (Å²) in [5, 5.41) is 2.81. The lowest BCUT2D eigenvalue weighted by molar-refractivity contribution is 0.102. The quantitative estimate of drug-likeness (QED) is 0.655. The van der Waals surface area contributed by atoms with Crippen molar-refractivity contribution in [2.24, 2.45) is 0 Å². The number of hydrogen-bond donors (Lipinski definition) is 2. The van der Waals surface area contributed by atoms with E-state index in [2.05, 4.69) is 14.9 Å². The lowest BCUT2D eigenvalue weighted by atomic mass is 10.1. The van der Waals surface area contributed by atoms with Gasteiger partial charge in [-0.1, -0.05) is 12.1 Å². The van der Waals surface area contributed by atoms with E-state index in [9.17, 15) is 13.2 Å². The van der Waals surface area contributed by atoms with Gasteiger partial charge < -0.3 is 15.0 Å². The molecule has 7 nitrogen and oxygen atoms in total. The zero-order valence-corrected chi connectivity index (χ0v) is 17.8. The molecule has 0 unspecified atom stereocenters. The fraction of sp³-hybridized carbons (Fsp3) is 0.381. The second-order valence-electron chi connectivity index (χ2n) is 7.47. The van der Waals surface area contributed by atoms with Crippen LogP contribution >= 0.6 is 0 Å². The first-order valence-corrected chi connectivity index (χ1v) is 11.0. The average molecular weight is 418 g/mol. The molecule has 0 saturated heterocycles. The fourth-order valence-electron chi connectivity index (χ4n) is 2.82. The number of nitrogens with zero attached hydrogens (tertiary/aromatic N) is 1. The predicted octanol–water partition coefficient (Wildman–Crippen LogP) is 2.49. The van der Waals surface area contributed by atoms with Gasteiger partial charge in [-0.3, -0.25) is 4.79 Å². The van der Waals surface area contributed by atoms with Crippen molar-refractivity contribution in [3.05, 3.63) is 53.6 Å². The van der Waals surface area contributed by atoms with E-state index in [0.717, 1.165) is 25.8 Å². The zero-order chi connectivity index (χ0) is 21.0. The zero-order valence-electron chi connectivity index (χ0n) is 16.9. The van der Waals surface area contributed by atoms with Crippen molar-refractivity contribution < 1.29 is 17.9 Å². The molecular weight excluding hydrogens is 390 g/mol. The van der Waals surface area contributed by atoms with Gasteiger partial charge in [0.15, 0.2) is 0 Å². The van der Waals surface area contributed by atoms with Crippen LogP contribution in [0.1, 0.15) is 28.8 Å². The summed E-state index contributed by atoms with van der Waals surface area (Å²) in [6.07, 6.45) is 2.58. The minimum Gasteiger partial charge on any atom is -0.495 e. The Kier molecular flexibility index (Phi) is 6.56. The molecule has 1 aliphatic carbocycles. The summed E-state index contributed by atoms with van der Waals surface area (Å²) in [5.41, 5.74) is 2.08. The molecule has 2 aromatic carbocycles. The molecule has 0 heterocycles. The first-order chi connectivity index (χ1) is 13.8. The van der Waals surface area contributed by atoms with Crippen molar-refractivity contribution in [2.45, 2.75) is 30.2 Å². The van der Waals surface area contributed by atoms with Gasteiger partial charge in [-0.05, 0) is 69.3 Å².